The quantitative estimate of drug-likeness (QED) is 0.259. The first-order chi connectivity index (χ1) is 17.3. The number of ether oxygens (including phenoxy) is 1. The summed E-state index contributed by atoms with van der Waals surface area (Å²) in [6, 6.07) is 16.8. The Morgan fingerprint density at radius 1 is 0.972 bits per heavy atom. The van der Waals surface area contributed by atoms with Crippen LogP contribution in [-0.2, 0) is 22.4 Å². The Balaban J connectivity index is 1.79. The highest BCUT2D eigenvalue weighted by Gasteiger charge is 2.46. The Morgan fingerprint density at radius 3 is 2.28 bits per heavy atom. The van der Waals surface area contributed by atoms with E-state index in [2.05, 4.69) is 0 Å². The second-order valence-electron chi connectivity index (χ2n) is 8.58. The lowest BCUT2D eigenvalue weighted by Crippen LogP contribution is -2.31. The molecular weight excluding hydrogens is 461 g/mol. The van der Waals surface area contributed by atoms with Crippen LogP contribution in [0.25, 0.3) is 5.76 Å². The van der Waals surface area contributed by atoms with Crippen LogP contribution in [0.5, 0.6) is 11.5 Å². The number of aliphatic hydroxyl groups excluding tert-OH is 1. The van der Waals surface area contributed by atoms with Crippen molar-refractivity contribution in [2.75, 3.05) is 13.2 Å². The van der Waals surface area contributed by atoms with E-state index in [4.69, 9.17) is 4.74 Å². The van der Waals surface area contributed by atoms with E-state index in [1.807, 2.05) is 19.1 Å². The van der Waals surface area contributed by atoms with Gasteiger partial charge in [-0.1, -0.05) is 49.4 Å². The molecular formula is C29H28FNO5. The van der Waals surface area contributed by atoms with Gasteiger partial charge in [-0.15, -0.1) is 0 Å². The summed E-state index contributed by atoms with van der Waals surface area (Å²) in [6.07, 6.45) is 1.20. The lowest BCUT2D eigenvalue weighted by Gasteiger charge is -2.26. The van der Waals surface area contributed by atoms with E-state index in [1.165, 1.54) is 23.1 Å². The topological polar surface area (TPSA) is 87.1 Å². The highest BCUT2D eigenvalue weighted by atomic mass is 19.1. The van der Waals surface area contributed by atoms with Crippen LogP contribution in [0, 0.1) is 5.82 Å². The number of ketones is 1. The van der Waals surface area contributed by atoms with E-state index in [1.54, 1.807) is 43.3 Å². The van der Waals surface area contributed by atoms with E-state index >= 15 is 0 Å². The third kappa shape index (κ3) is 4.96. The number of phenolic OH excluding ortho intramolecular Hbond substituents is 1. The fourth-order valence-electron chi connectivity index (χ4n) is 4.38. The highest BCUT2D eigenvalue weighted by Crippen LogP contribution is 2.42. The third-order valence-electron chi connectivity index (χ3n) is 6.33. The van der Waals surface area contributed by atoms with Gasteiger partial charge in [0.25, 0.3) is 11.7 Å². The summed E-state index contributed by atoms with van der Waals surface area (Å²) >= 11 is 0. The number of aryl methyl sites for hydroxylation is 1. The zero-order chi connectivity index (χ0) is 25.8. The van der Waals surface area contributed by atoms with Crippen LogP contribution in [0.4, 0.5) is 4.39 Å². The summed E-state index contributed by atoms with van der Waals surface area (Å²) in [5.41, 5.74) is 2.78. The van der Waals surface area contributed by atoms with Gasteiger partial charge in [0.15, 0.2) is 11.5 Å². The van der Waals surface area contributed by atoms with Gasteiger partial charge in [-0.25, -0.2) is 4.39 Å². The molecule has 0 aliphatic carbocycles. The monoisotopic (exact) mass is 489 g/mol. The Labute approximate surface area is 209 Å². The van der Waals surface area contributed by atoms with Crippen molar-refractivity contribution in [2.24, 2.45) is 0 Å². The van der Waals surface area contributed by atoms with Crippen molar-refractivity contribution in [3.63, 3.8) is 0 Å². The lowest BCUT2D eigenvalue weighted by molar-refractivity contribution is -0.139. The molecule has 0 saturated carbocycles. The first-order valence-corrected chi connectivity index (χ1v) is 11.9. The van der Waals surface area contributed by atoms with Crippen LogP contribution < -0.4 is 4.74 Å². The standard InChI is InChI=1S/C29H28FNO5/c1-3-18-5-9-20(10-6-18)27(33)25-26(21-11-14-23(32)24(17-21)36-4-2)31(29(35)28(25)34)16-15-19-7-12-22(30)13-8-19/h5-14,17,26,32-33H,3-4,15-16H2,1-2H3/b27-25-. The van der Waals surface area contributed by atoms with Crippen molar-refractivity contribution in [2.45, 2.75) is 32.7 Å². The molecule has 1 amide bonds. The number of carbonyl (C=O) groups excluding carboxylic acids is 2. The van der Waals surface area contributed by atoms with Crippen LogP contribution in [0.15, 0.2) is 72.3 Å². The van der Waals surface area contributed by atoms with Crippen LogP contribution in [0.3, 0.4) is 0 Å². The maximum absolute atomic E-state index is 13.3. The van der Waals surface area contributed by atoms with Gasteiger partial charge in [-0.05, 0) is 60.7 Å². The van der Waals surface area contributed by atoms with Crippen LogP contribution in [0.2, 0.25) is 0 Å². The number of aliphatic hydroxyl groups is 1. The third-order valence-corrected chi connectivity index (χ3v) is 6.33. The molecule has 1 heterocycles. The zero-order valence-corrected chi connectivity index (χ0v) is 20.2. The summed E-state index contributed by atoms with van der Waals surface area (Å²) in [5.74, 6) is -2.01. The summed E-state index contributed by atoms with van der Waals surface area (Å²) in [5, 5.41) is 21.4. The SMILES string of the molecule is CCOc1cc(C2/C(=C(/O)c3ccc(CC)cc3)C(=O)C(=O)N2CCc2ccc(F)cc2)ccc1O. The smallest absolute Gasteiger partial charge is 0.295 e. The lowest BCUT2D eigenvalue weighted by atomic mass is 9.94. The number of likely N-dealkylation sites (tertiary alicyclic amines) is 1. The Kier molecular flexibility index (Phi) is 7.38. The summed E-state index contributed by atoms with van der Waals surface area (Å²) < 4.78 is 18.9. The van der Waals surface area contributed by atoms with Gasteiger partial charge in [0, 0.05) is 12.1 Å². The van der Waals surface area contributed by atoms with E-state index in [-0.39, 0.29) is 35.2 Å². The Morgan fingerprint density at radius 2 is 1.64 bits per heavy atom. The van der Waals surface area contributed by atoms with Crippen molar-refractivity contribution in [1.29, 1.82) is 0 Å². The minimum Gasteiger partial charge on any atom is -0.507 e. The van der Waals surface area contributed by atoms with Gasteiger partial charge < -0.3 is 19.8 Å². The molecule has 3 aromatic rings. The maximum atomic E-state index is 13.3. The molecule has 186 valence electrons. The molecule has 3 aromatic carbocycles. The molecule has 36 heavy (non-hydrogen) atoms. The largest absolute Gasteiger partial charge is 0.507 e. The number of amides is 1. The molecule has 2 N–H and O–H groups in total. The molecule has 7 heteroatoms. The number of aromatic hydroxyl groups is 1. The second-order valence-corrected chi connectivity index (χ2v) is 8.58. The van der Waals surface area contributed by atoms with Gasteiger partial charge in [0.05, 0.1) is 18.2 Å². The first-order valence-electron chi connectivity index (χ1n) is 11.9. The molecule has 1 atom stereocenters. The van der Waals surface area contributed by atoms with Crippen molar-refractivity contribution >= 4 is 17.4 Å². The first kappa shape index (κ1) is 25.0. The number of hydrogen-bond acceptors (Lipinski definition) is 5. The fraction of sp³-hybridized carbons (Fsp3) is 0.241. The molecule has 1 aliphatic rings. The molecule has 6 nitrogen and oxygen atoms in total. The van der Waals surface area contributed by atoms with Gasteiger partial charge in [-0.2, -0.15) is 0 Å². The predicted octanol–water partition coefficient (Wildman–Crippen LogP) is 5.16. The van der Waals surface area contributed by atoms with Gasteiger partial charge in [-0.3, -0.25) is 9.59 Å². The molecule has 0 radical (unpaired) electrons. The number of benzene rings is 3. The van der Waals surface area contributed by atoms with Crippen molar-refractivity contribution in [1.82, 2.24) is 4.90 Å². The van der Waals surface area contributed by atoms with E-state index in [0.29, 0.717) is 24.2 Å². The molecule has 0 aromatic heterocycles. The van der Waals surface area contributed by atoms with E-state index in [9.17, 15) is 24.2 Å². The molecule has 0 spiro atoms. The minimum atomic E-state index is -0.892. The number of phenols is 1. The number of halogens is 1. The van der Waals surface area contributed by atoms with Gasteiger partial charge >= 0.3 is 0 Å². The van der Waals surface area contributed by atoms with E-state index < -0.39 is 17.7 Å². The zero-order valence-electron chi connectivity index (χ0n) is 20.2. The molecule has 0 bridgehead atoms. The average molecular weight is 490 g/mol. The van der Waals surface area contributed by atoms with Crippen LogP contribution >= 0.6 is 0 Å². The summed E-state index contributed by atoms with van der Waals surface area (Å²) in [4.78, 5) is 27.8. The summed E-state index contributed by atoms with van der Waals surface area (Å²) in [6.45, 7) is 4.27. The predicted molar refractivity (Wildman–Crippen MR) is 134 cm³/mol. The highest BCUT2D eigenvalue weighted by molar-refractivity contribution is 6.46. The Hall–Kier alpha value is -4.13. The molecule has 1 aliphatic heterocycles. The number of hydrogen-bond donors (Lipinski definition) is 2. The van der Waals surface area contributed by atoms with Gasteiger partial charge in [0.1, 0.15) is 11.6 Å². The Bertz CT molecular complexity index is 1300. The minimum absolute atomic E-state index is 0.0310. The van der Waals surface area contributed by atoms with Crippen molar-refractivity contribution < 1.29 is 28.9 Å². The molecule has 1 fully saturated rings. The summed E-state index contributed by atoms with van der Waals surface area (Å²) in [7, 11) is 0. The number of Topliss-reactive ketones (excluding diaryl/α,β-unsaturated/α-hetero) is 1. The number of nitrogens with zero attached hydrogens (tertiary/aromatic N) is 1. The average Bonchev–Trinajstić information content (AvgIpc) is 3.14. The maximum Gasteiger partial charge on any atom is 0.295 e. The number of rotatable bonds is 8. The van der Waals surface area contributed by atoms with Crippen molar-refractivity contribution in [3.8, 4) is 11.5 Å². The molecule has 1 unspecified atom stereocenters. The van der Waals surface area contributed by atoms with Crippen LogP contribution in [-0.4, -0.2) is 40.0 Å². The normalized spacial score (nSPS) is 17.0. The molecule has 1 saturated heterocycles. The van der Waals surface area contributed by atoms with E-state index in [0.717, 1.165) is 17.5 Å². The van der Waals surface area contributed by atoms with Crippen LogP contribution in [0.1, 0.15) is 42.1 Å². The molecule has 4 rings (SSSR count). The second kappa shape index (κ2) is 10.6. The fourth-order valence-corrected chi connectivity index (χ4v) is 4.38. The van der Waals surface area contributed by atoms with Gasteiger partial charge in [0.2, 0.25) is 0 Å². The number of carbonyl (C=O) groups is 2. The van der Waals surface area contributed by atoms with Crippen molar-refractivity contribution in [3.05, 3.63) is 100 Å².